The molecule has 0 bridgehead atoms. The van der Waals surface area contributed by atoms with Crippen molar-refractivity contribution in [2.24, 2.45) is 5.73 Å². The Kier molecular flexibility index (Phi) is 4.78. The number of nitrogens with two attached hydrogens (primary N) is 1. The Morgan fingerprint density at radius 1 is 1.29 bits per heavy atom. The standard InChI is InChI=1S/C16H24BrFN2O/c1-15(2)9-20(10-16(3,4)21-15)14(8-19)12-6-5-11(17)7-13(12)18/h5-7,14H,8-10,19H2,1-4H3. The van der Waals surface area contributed by atoms with Crippen LogP contribution in [0, 0.1) is 5.82 Å². The second-order valence-corrected chi connectivity index (χ2v) is 7.86. The number of nitrogens with zero attached hydrogens (tertiary/aromatic N) is 1. The Hall–Kier alpha value is -0.490. The molecule has 0 radical (unpaired) electrons. The second kappa shape index (κ2) is 5.95. The lowest BCUT2D eigenvalue weighted by Gasteiger charge is -2.49. The third-order valence-electron chi connectivity index (χ3n) is 3.71. The van der Waals surface area contributed by atoms with Crippen LogP contribution in [0.1, 0.15) is 39.3 Å². The number of rotatable bonds is 3. The second-order valence-electron chi connectivity index (χ2n) is 6.94. The Labute approximate surface area is 134 Å². The summed E-state index contributed by atoms with van der Waals surface area (Å²) in [7, 11) is 0. The first-order valence-electron chi connectivity index (χ1n) is 7.23. The van der Waals surface area contributed by atoms with Gasteiger partial charge >= 0.3 is 0 Å². The maximum absolute atomic E-state index is 14.3. The van der Waals surface area contributed by atoms with Crippen LogP contribution in [-0.4, -0.2) is 35.7 Å². The van der Waals surface area contributed by atoms with Crippen LogP contribution < -0.4 is 5.73 Å². The molecule has 1 atom stereocenters. The molecule has 0 amide bonds. The minimum absolute atomic E-state index is 0.138. The highest BCUT2D eigenvalue weighted by Crippen LogP contribution is 2.34. The van der Waals surface area contributed by atoms with Crippen molar-refractivity contribution in [3.63, 3.8) is 0 Å². The van der Waals surface area contributed by atoms with Crippen LogP contribution >= 0.6 is 15.9 Å². The maximum atomic E-state index is 14.3. The van der Waals surface area contributed by atoms with Crippen molar-refractivity contribution in [3.05, 3.63) is 34.1 Å². The van der Waals surface area contributed by atoms with E-state index >= 15 is 0 Å². The molecule has 1 aliphatic heterocycles. The summed E-state index contributed by atoms with van der Waals surface area (Å²) in [5, 5.41) is 0. The number of benzene rings is 1. The molecule has 5 heteroatoms. The highest BCUT2D eigenvalue weighted by Gasteiger charge is 2.40. The van der Waals surface area contributed by atoms with E-state index < -0.39 is 0 Å². The maximum Gasteiger partial charge on any atom is 0.129 e. The Morgan fingerprint density at radius 2 is 1.86 bits per heavy atom. The van der Waals surface area contributed by atoms with Crippen molar-refractivity contribution in [2.45, 2.75) is 44.9 Å². The first-order valence-corrected chi connectivity index (χ1v) is 8.02. The van der Waals surface area contributed by atoms with Gasteiger partial charge < -0.3 is 10.5 Å². The van der Waals surface area contributed by atoms with E-state index in [9.17, 15) is 4.39 Å². The van der Waals surface area contributed by atoms with Gasteiger partial charge in [-0.25, -0.2) is 4.39 Å². The summed E-state index contributed by atoms with van der Waals surface area (Å²) < 4.78 is 21.1. The molecule has 1 heterocycles. The largest absolute Gasteiger partial charge is 0.367 e. The first kappa shape index (κ1) is 16.9. The van der Waals surface area contributed by atoms with Crippen LogP contribution in [0.5, 0.6) is 0 Å². The number of ether oxygens (including phenoxy) is 1. The molecule has 1 fully saturated rings. The molecule has 3 nitrogen and oxygen atoms in total. The molecule has 0 aliphatic carbocycles. The van der Waals surface area contributed by atoms with E-state index in [1.165, 1.54) is 6.07 Å². The van der Waals surface area contributed by atoms with Crippen molar-refractivity contribution in [2.75, 3.05) is 19.6 Å². The Bertz CT molecular complexity index is 503. The zero-order valence-electron chi connectivity index (χ0n) is 13.1. The van der Waals surface area contributed by atoms with Crippen LogP contribution in [0.4, 0.5) is 4.39 Å². The highest BCUT2D eigenvalue weighted by molar-refractivity contribution is 9.10. The lowest BCUT2D eigenvalue weighted by molar-refractivity contribution is -0.187. The first-order chi connectivity index (χ1) is 9.63. The van der Waals surface area contributed by atoms with E-state index in [2.05, 4.69) is 48.5 Å². The van der Waals surface area contributed by atoms with E-state index in [0.29, 0.717) is 12.1 Å². The molecule has 2 N–H and O–H groups in total. The molecule has 1 aromatic rings. The van der Waals surface area contributed by atoms with Gasteiger partial charge in [-0.05, 0) is 39.8 Å². The molecule has 1 unspecified atom stereocenters. The zero-order chi connectivity index (χ0) is 15.8. The van der Waals surface area contributed by atoms with Crippen LogP contribution in [0.3, 0.4) is 0 Å². The van der Waals surface area contributed by atoms with Crippen LogP contribution in [0.15, 0.2) is 22.7 Å². The van der Waals surface area contributed by atoms with E-state index in [1.54, 1.807) is 0 Å². The van der Waals surface area contributed by atoms with Crippen molar-refractivity contribution in [1.82, 2.24) is 4.90 Å². The average molecular weight is 359 g/mol. The summed E-state index contributed by atoms with van der Waals surface area (Å²) in [5.74, 6) is -0.220. The highest BCUT2D eigenvalue weighted by atomic mass is 79.9. The molecule has 21 heavy (non-hydrogen) atoms. The van der Waals surface area contributed by atoms with Gasteiger partial charge in [-0.1, -0.05) is 22.0 Å². The van der Waals surface area contributed by atoms with Gasteiger partial charge in [0, 0.05) is 29.7 Å². The topological polar surface area (TPSA) is 38.5 Å². The fourth-order valence-corrected chi connectivity index (χ4v) is 3.64. The summed E-state index contributed by atoms with van der Waals surface area (Å²) in [6.45, 7) is 10.1. The van der Waals surface area contributed by atoms with Gasteiger partial charge in [0.15, 0.2) is 0 Å². The van der Waals surface area contributed by atoms with Gasteiger partial charge in [-0.3, -0.25) is 4.90 Å². The Morgan fingerprint density at radius 3 is 2.33 bits per heavy atom. The van der Waals surface area contributed by atoms with Gasteiger partial charge in [0.2, 0.25) is 0 Å². The third-order valence-corrected chi connectivity index (χ3v) is 4.20. The summed E-state index contributed by atoms with van der Waals surface area (Å²) in [6, 6.07) is 5.03. The number of hydrogen-bond donors (Lipinski definition) is 1. The molecule has 1 aliphatic rings. The average Bonchev–Trinajstić information content (AvgIpc) is 2.28. The fraction of sp³-hybridized carbons (Fsp3) is 0.625. The summed E-state index contributed by atoms with van der Waals surface area (Å²) in [6.07, 6.45) is 0. The molecule has 1 saturated heterocycles. The molecular weight excluding hydrogens is 335 g/mol. The van der Waals surface area contributed by atoms with Gasteiger partial charge in [0.1, 0.15) is 5.82 Å². The number of morpholine rings is 1. The van der Waals surface area contributed by atoms with Gasteiger partial charge in [-0.15, -0.1) is 0 Å². The molecule has 1 aromatic carbocycles. The smallest absolute Gasteiger partial charge is 0.129 e. The molecule has 118 valence electrons. The van der Waals surface area contributed by atoms with Crippen LogP contribution in [0.2, 0.25) is 0 Å². The zero-order valence-corrected chi connectivity index (χ0v) is 14.7. The SMILES string of the molecule is CC1(C)CN(C(CN)c2ccc(Br)cc2F)CC(C)(C)O1. The van der Waals surface area contributed by atoms with Gasteiger partial charge in [-0.2, -0.15) is 0 Å². The molecule has 2 rings (SSSR count). The molecule has 0 spiro atoms. The van der Waals surface area contributed by atoms with Crippen molar-refractivity contribution in [3.8, 4) is 0 Å². The van der Waals surface area contributed by atoms with E-state index in [4.69, 9.17) is 10.5 Å². The van der Waals surface area contributed by atoms with Crippen molar-refractivity contribution >= 4 is 15.9 Å². The molecule has 0 saturated carbocycles. The summed E-state index contributed by atoms with van der Waals surface area (Å²) in [5.41, 5.74) is 6.05. The normalized spacial score (nSPS) is 23.0. The molecule has 0 aromatic heterocycles. The van der Waals surface area contributed by atoms with Crippen LogP contribution in [-0.2, 0) is 4.74 Å². The van der Waals surface area contributed by atoms with Crippen molar-refractivity contribution < 1.29 is 9.13 Å². The Balaban J connectivity index is 2.32. The number of halogens is 2. The lowest BCUT2D eigenvalue weighted by Crippen LogP contribution is -2.58. The van der Waals surface area contributed by atoms with Gasteiger partial charge in [0.25, 0.3) is 0 Å². The minimum Gasteiger partial charge on any atom is -0.367 e. The lowest BCUT2D eigenvalue weighted by atomic mass is 9.95. The predicted octanol–water partition coefficient (Wildman–Crippen LogP) is 3.48. The number of hydrogen-bond acceptors (Lipinski definition) is 3. The monoisotopic (exact) mass is 358 g/mol. The van der Waals surface area contributed by atoms with Crippen molar-refractivity contribution in [1.29, 1.82) is 0 Å². The van der Waals surface area contributed by atoms with E-state index in [0.717, 1.165) is 17.6 Å². The summed E-state index contributed by atoms with van der Waals surface area (Å²) in [4.78, 5) is 2.23. The summed E-state index contributed by atoms with van der Waals surface area (Å²) >= 11 is 3.29. The fourth-order valence-electron chi connectivity index (χ4n) is 3.31. The van der Waals surface area contributed by atoms with E-state index in [-0.39, 0.29) is 23.1 Å². The quantitative estimate of drug-likeness (QED) is 0.898. The molecular formula is C16H24BrFN2O. The minimum atomic E-state index is -0.277. The predicted molar refractivity (Wildman–Crippen MR) is 86.7 cm³/mol. The van der Waals surface area contributed by atoms with E-state index in [1.807, 2.05) is 12.1 Å². The van der Waals surface area contributed by atoms with Gasteiger partial charge in [0.05, 0.1) is 17.2 Å². The van der Waals surface area contributed by atoms with Crippen LogP contribution in [0.25, 0.3) is 0 Å². The third kappa shape index (κ3) is 4.03.